The number of rotatable bonds is 0. The molecule has 2 nitrogen and oxygen atoms in total. The fraction of sp³-hybridized carbons (Fsp3) is 0.200. The quantitative estimate of drug-likeness (QED) is 0.511. The van der Waals surface area contributed by atoms with Crippen LogP contribution in [0, 0.1) is 19.4 Å². The standard InChI is InChI=1S/C5H4N2.2Rh/c1-5-2-3-6-4-7-5;;/h2H,1H3;;/q-2;;. The maximum atomic E-state index is 3.71. The molecule has 2 radical (unpaired) electrons. The van der Waals surface area contributed by atoms with Crippen LogP contribution in [0.3, 0.4) is 0 Å². The van der Waals surface area contributed by atoms with E-state index in [1.165, 1.54) is 0 Å². The van der Waals surface area contributed by atoms with Gasteiger partial charge in [0.25, 0.3) is 0 Å². The molecule has 0 atom stereocenters. The van der Waals surface area contributed by atoms with E-state index in [1.54, 1.807) is 6.07 Å². The van der Waals surface area contributed by atoms with Crippen molar-refractivity contribution in [2.24, 2.45) is 0 Å². The number of hydrogen-bond acceptors (Lipinski definition) is 2. The number of aromatic nitrogens is 2. The first-order valence-corrected chi connectivity index (χ1v) is 1.97. The van der Waals surface area contributed by atoms with Gasteiger partial charge in [-0.25, -0.2) is 0 Å². The van der Waals surface area contributed by atoms with Crippen LogP contribution in [-0.2, 0) is 39.0 Å². The van der Waals surface area contributed by atoms with Crippen molar-refractivity contribution in [3.8, 4) is 0 Å². The molecule has 0 saturated heterocycles. The molecule has 0 bridgehead atoms. The van der Waals surface area contributed by atoms with Crippen molar-refractivity contribution in [2.75, 3.05) is 0 Å². The van der Waals surface area contributed by atoms with Crippen LogP contribution in [0.4, 0.5) is 0 Å². The molecule has 1 aromatic rings. The molecule has 1 heterocycles. The van der Waals surface area contributed by atoms with Crippen LogP contribution in [0.15, 0.2) is 6.07 Å². The molecule has 0 aliphatic carbocycles. The monoisotopic (exact) mass is 298 g/mol. The van der Waals surface area contributed by atoms with Crippen molar-refractivity contribution >= 4 is 0 Å². The third kappa shape index (κ3) is 4.81. The summed E-state index contributed by atoms with van der Waals surface area (Å²) in [6.45, 7) is 1.87. The van der Waals surface area contributed by atoms with Gasteiger partial charge in [0.15, 0.2) is 0 Å². The molecule has 0 aromatic carbocycles. The molecule has 0 unspecified atom stereocenters. The van der Waals surface area contributed by atoms with Crippen molar-refractivity contribution in [3.05, 3.63) is 24.3 Å². The summed E-state index contributed by atoms with van der Waals surface area (Å²) in [5.41, 5.74) is 0.898. The molecule has 0 aliphatic rings. The minimum absolute atomic E-state index is 0. The van der Waals surface area contributed by atoms with Gasteiger partial charge in [-0.3, -0.25) is 12.3 Å². The largest absolute Gasteiger partial charge is 0.524 e. The first kappa shape index (κ1) is 12.0. The van der Waals surface area contributed by atoms with Crippen LogP contribution >= 0.6 is 0 Å². The van der Waals surface area contributed by atoms with Gasteiger partial charge >= 0.3 is 0 Å². The van der Waals surface area contributed by atoms with Crippen LogP contribution in [0.2, 0.25) is 0 Å². The summed E-state index contributed by atoms with van der Waals surface area (Å²) < 4.78 is 0. The molecule has 9 heavy (non-hydrogen) atoms. The fourth-order valence-corrected chi connectivity index (χ4v) is 0.291. The van der Waals surface area contributed by atoms with Gasteiger partial charge in [0.1, 0.15) is 0 Å². The normalized spacial score (nSPS) is 6.78. The van der Waals surface area contributed by atoms with Crippen LogP contribution < -0.4 is 0 Å². The predicted molar refractivity (Wildman–Crippen MR) is 24.4 cm³/mol. The van der Waals surface area contributed by atoms with Gasteiger partial charge in [-0.2, -0.15) is 12.0 Å². The maximum Gasteiger partial charge on any atom is 0 e. The molecule has 1 rings (SSSR count). The zero-order valence-electron chi connectivity index (χ0n) is 4.64. The number of nitrogens with zero attached hydrogens (tertiary/aromatic N) is 2. The Hall–Kier alpha value is 0.327. The minimum atomic E-state index is 0. The Balaban J connectivity index is 0. The van der Waals surface area contributed by atoms with E-state index >= 15 is 0 Å². The molecular weight excluding hydrogens is 294 g/mol. The molecule has 54 valence electrons. The van der Waals surface area contributed by atoms with Crippen molar-refractivity contribution in [3.63, 3.8) is 0 Å². The molecule has 0 amide bonds. The molecule has 0 saturated carbocycles. The Kier molecular flexibility index (Phi) is 8.63. The second-order valence-corrected chi connectivity index (χ2v) is 1.24. The SMILES string of the molecule is Cc1c[c-]n[c-]n1.[Rh].[Rh]. The van der Waals surface area contributed by atoms with Gasteiger partial charge < -0.3 is 9.97 Å². The first-order valence-electron chi connectivity index (χ1n) is 1.97. The van der Waals surface area contributed by atoms with Crippen LogP contribution in [0.25, 0.3) is 0 Å². The Morgan fingerprint density at radius 2 is 2.11 bits per heavy atom. The molecule has 0 N–H and O–H groups in total. The zero-order valence-corrected chi connectivity index (χ0v) is 7.92. The van der Waals surface area contributed by atoms with E-state index < -0.39 is 0 Å². The molecule has 0 fully saturated rings. The average Bonchev–Trinajstić information content (AvgIpc) is 1.69. The van der Waals surface area contributed by atoms with E-state index in [1.807, 2.05) is 6.92 Å². The van der Waals surface area contributed by atoms with Crippen LogP contribution in [0.1, 0.15) is 5.69 Å². The summed E-state index contributed by atoms with van der Waals surface area (Å²) in [5, 5.41) is 0. The minimum Gasteiger partial charge on any atom is -0.524 e. The van der Waals surface area contributed by atoms with Gasteiger partial charge in [0.05, 0.1) is 0 Å². The molecular formula is C5H4N2Rh2-2. The summed E-state index contributed by atoms with van der Waals surface area (Å²) in [6, 6.07) is 1.70. The fourth-order valence-electron chi connectivity index (χ4n) is 0.291. The summed E-state index contributed by atoms with van der Waals surface area (Å²) in [7, 11) is 0. The molecule has 0 spiro atoms. The Bertz CT molecular complexity index is 143. The molecule has 1 aromatic heterocycles. The Morgan fingerprint density at radius 1 is 1.44 bits per heavy atom. The third-order valence-electron chi connectivity index (χ3n) is 0.614. The summed E-state index contributed by atoms with van der Waals surface area (Å²) in [6.07, 6.45) is 5.00. The molecule has 4 heteroatoms. The van der Waals surface area contributed by atoms with E-state index in [2.05, 4.69) is 22.5 Å². The predicted octanol–water partition coefficient (Wildman–Crippen LogP) is 0.380. The van der Waals surface area contributed by atoms with Crippen molar-refractivity contribution in [1.29, 1.82) is 0 Å². The van der Waals surface area contributed by atoms with Crippen molar-refractivity contribution in [2.45, 2.75) is 6.92 Å². The summed E-state index contributed by atoms with van der Waals surface area (Å²) in [5.74, 6) is 0. The van der Waals surface area contributed by atoms with Gasteiger partial charge in [0, 0.05) is 39.0 Å². The molecule has 0 aliphatic heterocycles. The van der Waals surface area contributed by atoms with Gasteiger partial charge in [-0.15, -0.1) is 6.92 Å². The van der Waals surface area contributed by atoms with Gasteiger partial charge in [-0.1, -0.05) is 0 Å². The van der Waals surface area contributed by atoms with E-state index in [9.17, 15) is 0 Å². The van der Waals surface area contributed by atoms with E-state index in [0.29, 0.717) is 0 Å². The second kappa shape index (κ2) is 6.45. The van der Waals surface area contributed by atoms with E-state index in [0.717, 1.165) is 5.69 Å². The Morgan fingerprint density at radius 3 is 2.33 bits per heavy atom. The average molecular weight is 298 g/mol. The summed E-state index contributed by atoms with van der Waals surface area (Å²) in [4.78, 5) is 7.20. The van der Waals surface area contributed by atoms with Gasteiger partial charge in [-0.05, 0) is 0 Å². The summed E-state index contributed by atoms with van der Waals surface area (Å²) >= 11 is 0. The van der Waals surface area contributed by atoms with Crippen molar-refractivity contribution in [1.82, 2.24) is 9.97 Å². The topological polar surface area (TPSA) is 25.8 Å². The second-order valence-electron chi connectivity index (χ2n) is 1.24. The van der Waals surface area contributed by atoms with Gasteiger partial charge in [0.2, 0.25) is 0 Å². The van der Waals surface area contributed by atoms with Crippen molar-refractivity contribution < 1.29 is 39.0 Å². The van der Waals surface area contributed by atoms with Crippen LogP contribution in [-0.4, -0.2) is 9.97 Å². The van der Waals surface area contributed by atoms with Crippen LogP contribution in [0.5, 0.6) is 0 Å². The maximum absolute atomic E-state index is 3.71. The smallest absolute Gasteiger partial charge is 0 e. The van der Waals surface area contributed by atoms with E-state index in [-0.39, 0.29) is 39.0 Å². The zero-order chi connectivity index (χ0) is 5.11. The number of aryl methyl sites for hydroxylation is 1. The number of hydrogen-bond donors (Lipinski definition) is 0. The Labute approximate surface area is 80.0 Å². The van der Waals surface area contributed by atoms with E-state index in [4.69, 9.17) is 0 Å². The first-order chi connectivity index (χ1) is 3.39. The third-order valence-corrected chi connectivity index (χ3v) is 0.614.